The average Bonchev–Trinajstić information content (AvgIpc) is 2.68. The van der Waals surface area contributed by atoms with Gasteiger partial charge in [-0.25, -0.2) is 9.97 Å². The quantitative estimate of drug-likeness (QED) is 0.625. The summed E-state index contributed by atoms with van der Waals surface area (Å²) in [4.78, 5) is 16.5. The zero-order valence-electron chi connectivity index (χ0n) is 16.6. The van der Waals surface area contributed by atoms with Crippen LogP contribution in [-0.2, 0) is 24.9 Å². The summed E-state index contributed by atoms with van der Waals surface area (Å²) in [5.74, 6) is 0.930. The Hall–Kier alpha value is -2.30. The van der Waals surface area contributed by atoms with E-state index in [-0.39, 0.29) is 5.41 Å². The van der Waals surface area contributed by atoms with Gasteiger partial charge in [0.25, 0.3) is 0 Å². The molecular formula is C23H25ClN4. The van der Waals surface area contributed by atoms with Gasteiger partial charge >= 0.3 is 0 Å². The van der Waals surface area contributed by atoms with E-state index in [1.54, 1.807) is 0 Å². The average molecular weight is 393 g/mol. The van der Waals surface area contributed by atoms with Gasteiger partial charge < -0.3 is 0 Å². The molecule has 0 unspecified atom stereocenters. The summed E-state index contributed by atoms with van der Waals surface area (Å²) < 4.78 is 0. The molecule has 0 bridgehead atoms. The van der Waals surface area contributed by atoms with Crippen LogP contribution in [0.15, 0.2) is 48.8 Å². The molecule has 3 aromatic rings. The van der Waals surface area contributed by atoms with Gasteiger partial charge in [0.1, 0.15) is 5.82 Å². The van der Waals surface area contributed by atoms with E-state index >= 15 is 0 Å². The first-order chi connectivity index (χ1) is 13.4. The molecule has 3 heterocycles. The van der Waals surface area contributed by atoms with Gasteiger partial charge in [-0.05, 0) is 17.7 Å². The van der Waals surface area contributed by atoms with Crippen molar-refractivity contribution in [3.8, 4) is 11.3 Å². The van der Waals surface area contributed by atoms with Crippen LogP contribution in [0.5, 0.6) is 0 Å². The van der Waals surface area contributed by atoms with E-state index in [1.807, 2.05) is 42.7 Å². The minimum Gasteiger partial charge on any atom is -0.294 e. The molecule has 2 aromatic heterocycles. The first kappa shape index (κ1) is 19.0. The highest BCUT2D eigenvalue weighted by Crippen LogP contribution is 2.27. The second-order valence-electron chi connectivity index (χ2n) is 8.41. The normalized spacial score (nSPS) is 14.7. The molecule has 0 atom stereocenters. The molecule has 0 spiro atoms. The van der Waals surface area contributed by atoms with Crippen LogP contribution in [0.25, 0.3) is 11.3 Å². The van der Waals surface area contributed by atoms with Crippen LogP contribution in [0.2, 0.25) is 5.02 Å². The number of fused-ring (bicyclic) bond motifs is 1. The van der Waals surface area contributed by atoms with Crippen LogP contribution < -0.4 is 0 Å². The molecule has 0 saturated carbocycles. The first-order valence-electron chi connectivity index (χ1n) is 9.67. The number of hydrogen-bond acceptors (Lipinski definition) is 4. The smallest absolute Gasteiger partial charge is 0.133 e. The molecule has 4 rings (SSSR count). The molecular weight excluding hydrogens is 368 g/mol. The summed E-state index contributed by atoms with van der Waals surface area (Å²) in [7, 11) is 0. The monoisotopic (exact) mass is 392 g/mol. The standard InChI is InChI=1S/C23H25ClN4/c1-23(2,3)22-26-13-17-15-28(11-10-20(17)27-22)14-16-8-9-21(25-12-16)18-6-4-5-7-19(18)24/h4-9,12-13H,10-11,14-15H2,1-3H3. The minimum absolute atomic E-state index is 0.0127. The fourth-order valence-corrected chi connectivity index (χ4v) is 3.71. The Morgan fingerprint density at radius 2 is 1.86 bits per heavy atom. The van der Waals surface area contributed by atoms with Crippen LogP contribution in [-0.4, -0.2) is 26.4 Å². The van der Waals surface area contributed by atoms with Crippen LogP contribution >= 0.6 is 11.6 Å². The second kappa shape index (κ2) is 7.61. The lowest BCUT2D eigenvalue weighted by atomic mass is 9.95. The molecule has 0 N–H and O–H groups in total. The zero-order valence-corrected chi connectivity index (χ0v) is 17.4. The SMILES string of the molecule is CC(C)(C)c1ncc2c(n1)CCN(Cc1ccc(-c3ccccc3Cl)nc1)C2. The Morgan fingerprint density at radius 3 is 2.57 bits per heavy atom. The topological polar surface area (TPSA) is 41.9 Å². The fourth-order valence-electron chi connectivity index (χ4n) is 3.48. The molecule has 0 saturated heterocycles. The number of benzene rings is 1. The van der Waals surface area contributed by atoms with Crippen LogP contribution in [0.4, 0.5) is 0 Å². The Morgan fingerprint density at radius 1 is 1.04 bits per heavy atom. The van der Waals surface area contributed by atoms with Crippen LogP contribution in [0.3, 0.4) is 0 Å². The molecule has 5 heteroatoms. The fraction of sp³-hybridized carbons (Fsp3) is 0.348. The Labute approximate surface area is 171 Å². The molecule has 0 amide bonds. The molecule has 1 aliphatic heterocycles. The van der Waals surface area contributed by atoms with E-state index in [2.05, 4.69) is 41.7 Å². The number of halogens is 1. The molecule has 1 aromatic carbocycles. The lowest BCUT2D eigenvalue weighted by Gasteiger charge is -2.29. The van der Waals surface area contributed by atoms with Gasteiger partial charge in [0.2, 0.25) is 0 Å². The van der Waals surface area contributed by atoms with Crippen molar-refractivity contribution in [3.63, 3.8) is 0 Å². The van der Waals surface area contributed by atoms with Gasteiger partial charge in [-0.1, -0.05) is 56.6 Å². The molecule has 0 aliphatic carbocycles. The van der Waals surface area contributed by atoms with Crippen molar-refractivity contribution in [2.45, 2.75) is 45.7 Å². The first-order valence-corrected chi connectivity index (χ1v) is 10.1. The molecule has 28 heavy (non-hydrogen) atoms. The van der Waals surface area contributed by atoms with Gasteiger partial charge in [0.15, 0.2) is 0 Å². The van der Waals surface area contributed by atoms with Crippen molar-refractivity contribution in [1.82, 2.24) is 19.9 Å². The molecule has 1 aliphatic rings. The molecule has 4 nitrogen and oxygen atoms in total. The second-order valence-corrected chi connectivity index (χ2v) is 8.81. The number of hydrogen-bond donors (Lipinski definition) is 0. The van der Waals surface area contributed by atoms with Gasteiger partial charge in [-0.3, -0.25) is 9.88 Å². The van der Waals surface area contributed by atoms with Gasteiger partial charge in [0.05, 0.1) is 5.69 Å². The lowest BCUT2D eigenvalue weighted by Crippen LogP contribution is -2.32. The highest BCUT2D eigenvalue weighted by atomic mass is 35.5. The number of rotatable bonds is 3. The number of aromatic nitrogens is 3. The predicted molar refractivity (Wildman–Crippen MR) is 113 cm³/mol. The summed E-state index contributed by atoms with van der Waals surface area (Å²) in [5.41, 5.74) is 5.49. The van der Waals surface area contributed by atoms with E-state index < -0.39 is 0 Å². The summed E-state index contributed by atoms with van der Waals surface area (Å²) in [6.07, 6.45) is 4.92. The van der Waals surface area contributed by atoms with Crippen molar-refractivity contribution in [1.29, 1.82) is 0 Å². The Balaban J connectivity index is 1.45. The Bertz CT molecular complexity index is 977. The van der Waals surface area contributed by atoms with Crippen LogP contribution in [0, 0.1) is 0 Å². The van der Waals surface area contributed by atoms with Crippen molar-refractivity contribution >= 4 is 11.6 Å². The summed E-state index contributed by atoms with van der Waals surface area (Å²) in [5, 5.41) is 0.727. The highest BCUT2D eigenvalue weighted by Gasteiger charge is 2.23. The third-order valence-electron chi connectivity index (χ3n) is 5.06. The lowest BCUT2D eigenvalue weighted by molar-refractivity contribution is 0.242. The van der Waals surface area contributed by atoms with E-state index in [4.69, 9.17) is 16.6 Å². The van der Waals surface area contributed by atoms with Gasteiger partial charge in [-0.2, -0.15) is 0 Å². The summed E-state index contributed by atoms with van der Waals surface area (Å²) in [6, 6.07) is 12.0. The maximum absolute atomic E-state index is 6.28. The van der Waals surface area contributed by atoms with Crippen molar-refractivity contribution in [2.75, 3.05) is 6.54 Å². The third kappa shape index (κ3) is 4.08. The van der Waals surface area contributed by atoms with E-state index in [0.29, 0.717) is 0 Å². The van der Waals surface area contributed by atoms with E-state index in [9.17, 15) is 0 Å². The number of nitrogens with zero attached hydrogens (tertiary/aromatic N) is 4. The number of pyridine rings is 1. The van der Waals surface area contributed by atoms with Crippen molar-refractivity contribution in [2.24, 2.45) is 0 Å². The van der Waals surface area contributed by atoms with E-state index in [0.717, 1.165) is 48.2 Å². The molecule has 0 radical (unpaired) electrons. The van der Waals surface area contributed by atoms with Gasteiger partial charge in [-0.15, -0.1) is 0 Å². The molecule has 144 valence electrons. The zero-order chi connectivity index (χ0) is 19.7. The Kier molecular flexibility index (Phi) is 5.17. The van der Waals surface area contributed by atoms with Crippen molar-refractivity contribution in [3.05, 3.63) is 76.5 Å². The maximum Gasteiger partial charge on any atom is 0.133 e. The van der Waals surface area contributed by atoms with E-state index in [1.165, 1.54) is 16.8 Å². The van der Waals surface area contributed by atoms with Crippen molar-refractivity contribution < 1.29 is 0 Å². The highest BCUT2D eigenvalue weighted by molar-refractivity contribution is 6.33. The third-order valence-corrected chi connectivity index (χ3v) is 5.39. The van der Waals surface area contributed by atoms with Gasteiger partial charge in [0, 0.05) is 65.7 Å². The largest absolute Gasteiger partial charge is 0.294 e. The predicted octanol–water partition coefficient (Wildman–Crippen LogP) is 5.05. The summed E-state index contributed by atoms with van der Waals surface area (Å²) >= 11 is 6.28. The minimum atomic E-state index is -0.0127. The molecule has 0 fully saturated rings. The maximum atomic E-state index is 6.28. The van der Waals surface area contributed by atoms with Crippen LogP contribution in [0.1, 0.15) is 43.4 Å². The summed E-state index contributed by atoms with van der Waals surface area (Å²) in [6.45, 7) is 9.22.